The highest BCUT2D eigenvalue weighted by Crippen LogP contribution is 2.30. The van der Waals surface area contributed by atoms with Crippen LogP contribution in [-0.4, -0.2) is 20.8 Å². The van der Waals surface area contributed by atoms with Crippen LogP contribution >= 0.6 is 23.2 Å². The van der Waals surface area contributed by atoms with Crippen LogP contribution in [0.25, 0.3) is 0 Å². The second-order valence-electron chi connectivity index (χ2n) is 4.18. The van der Waals surface area contributed by atoms with Crippen molar-refractivity contribution < 1.29 is 13.2 Å². The standard InChI is InChI=1S/C14H13Cl2NO3S/c15-12-7-4-8-13(14(12)16)17-21(18,19)10-9-20-11-5-2-1-3-6-11/h1-8,17H,9-10H2. The Balaban J connectivity index is 1.95. The lowest BCUT2D eigenvalue weighted by Crippen LogP contribution is -2.21. The van der Waals surface area contributed by atoms with Crippen molar-refractivity contribution in [3.05, 3.63) is 58.6 Å². The molecular formula is C14H13Cl2NO3S. The Morgan fingerprint density at radius 1 is 1.00 bits per heavy atom. The van der Waals surface area contributed by atoms with Crippen LogP contribution in [0.2, 0.25) is 10.0 Å². The lowest BCUT2D eigenvalue weighted by Gasteiger charge is -2.11. The third-order valence-corrected chi connectivity index (χ3v) is 4.63. The van der Waals surface area contributed by atoms with E-state index < -0.39 is 10.0 Å². The fourth-order valence-corrected chi connectivity index (χ4v) is 2.90. The summed E-state index contributed by atoms with van der Waals surface area (Å²) in [7, 11) is -3.56. The van der Waals surface area contributed by atoms with Gasteiger partial charge in [-0.3, -0.25) is 4.72 Å². The van der Waals surface area contributed by atoms with E-state index in [4.69, 9.17) is 27.9 Å². The molecule has 21 heavy (non-hydrogen) atoms. The summed E-state index contributed by atoms with van der Waals surface area (Å²) in [6.07, 6.45) is 0. The smallest absolute Gasteiger partial charge is 0.236 e. The number of para-hydroxylation sites is 1. The zero-order chi connectivity index (χ0) is 15.3. The summed E-state index contributed by atoms with van der Waals surface area (Å²) >= 11 is 11.8. The fourth-order valence-electron chi connectivity index (χ4n) is 1.59. The number of anilines is 1. The largest absolute Gasteiger partial charge is 0.492 e. The number of benzene rings is 2. The molecule has 0 heterocycles. The quantitative estimate of drug-likeness (QED) is 0.865. The van der Waals surface area contributed by atoms with Gasteiger partial charge < -0.3 is 4.74 Å². The molecule has 0 radical (unpaired) electrons. The third kappa shape index (κ3) is 4.81. The van der Waals surface area contributed by atoms with Crippen LogP contribution in [0.1, 0.15) is 0 Å². The zero-order valence-electron chi connectivity index (χ0n) is 10.9. The SMILES string of the molecule is O=S(=O)(CCOc1ccccc1)Nc1cccc(Cl)c1Cl. The maximum atomic E-state index is 12.0. The van der Waals surface area contributed by atoms with Gasteiger partial charge in [-0.15, -0.1) is 0 Å². The van der Waals surface area contributed by atoms with Crippen molar-refractivity contribution in [1.82, 2.24) is 0 Å². The molecule has 1 N–H and O–H groups in total. The van der Waals surface area contributed by atoms with Crippen molar-refractivity contribution in [2.45, 2.75) is 0 Å². The minimum Gasteiger partial charge on any atom is -0.492 e. The normalized spacial score (nSPS) is 11.1. The molecule has 2 aromatic carbocycles. The van der Waals surface area contributed by atoms with E-state index in [0.717, 1.165) is 0 Å². The topological polar surface area (TPSA) is 55.4 Å². The Bertz CT molecular complexity index is 705. The maximum absolute atomic E-state index is 12.0. The van der Waals surface area contributed by atoms with Crippen molar-refractivity contribution >= 4 is 38.9 Å². The molecule has 0 aromatic heterocycles. The number of rotatable bonds is 6. The van der Waals surface area contributed by atoms with Gasteiger partial charge in [-0.05, 0) is 24.3 Å². The Morgan fingerprint density at radius 3 is 2.43 bits per heavy atom. The minimum absolute atomic E-state index is 0.0392. The average Bonchev–Trinajstić information content (AvgIpc) is 2.45. The fraction of sp³-hybridized carbons (Fsp3) is 0.143. The van der Waals surface area contributed by atoms with Gasteiger partial charge in [-0.2, -0.15) is 0 Å². The second kappa shape index (κ2) is 7.02. The second-order valence-corrected chi connectivity index (χ2v) is 6.81. The van der Waals surface area contributed by atoms with E-state index in [1.165, 1.54) is 0 Å². The van der Waals surface area contributed by atoms with E-state index >= 15 is 0 Å². The highest BCUT2D eigenvalue weighted by Gasteiger charge is 2.14. The van der Waals surface area contributed by atoms with Crippen LogP contribution < -0.4 is 9.46 Å². The highest BCUT2D eigenvalue weighted by molar-refractivity contribution is 7.92. The highest BCUT2D eigenvalue weighted by atomic mass is 35.5. The molecule has 0 bridgehead atoms. The van der Waals surface area contributed by atoms with Gasteiger partial charge in [0.2, 0.25) is 10.0 Å². The Labute approximate surface area is 133 Å². The predicted octanol–water partition coefficient (Wildman–Crippen LogP) is 3.81. The molecule has 0 fully saturated rings. The average molecular weight is 346 g/mol. The summed E-state index contributed by atoms with van der Waals surface area (Å²) in [6.45, 7) is 0.0392. The van der Waals surface area contributed by atoms with Crippen molar-refractivity contribution in [2.24, 2.45) is 0 Å². The van der Waals surface area contributed by atoms with Crippen molar-refractivity contribution in [2.75, 3.05) is 17.1 Å². The summed E-state index contributed by atoms with van der Waals surface area (Å²) < 4.78 is 31.7. The van der Waals surface area contributed by atoms with Gasteiger partial charge in [0.15, 0.2) is 0 Å². The van der Waals surface area contributed by atoms with Crippen LogP contribution in [0.5, 0.6) is 5.75 Å². The van der Waals surface area contributed by atoms with Crippen LogP contribution in [0.15, 0.2) is 48.5 Å². The van der Waals surface area contributed by atoms with Gasteiger partial charge >= 0.3 is 0 Å². The molecule has 0 aliphatic heterocycles. The molecule has 0 amide bonds. The van der Waals surface area contributed by atoms with Crippen molar-refractivity contribution in [3.63, 3.8) is 0 Å². The minimum atomic E-state index is -3.56. The van der Waals surface area contributed by atoms with E-state index in [9.17, 15) is 8.42 Å². The lowest BCUT2D eigenvalue weighted by molar-refractivity contribution is 0.341. The lowest BCUT2D eigenvalue weighted by atomic mass is 10.3. The first kappa shape index (κ1) is 15.9. The predicted molar refractivity (Wildman–Crippen MR) is 85.8 cm³/mol. The molecule has 4 nitrogen and oxygen atoms in total. The zero-order valence-corrected chi connectivity index (χ0v) is 13.3. The van der Waals surface area contributed by atoms with Gasteiger partial charge in [0.25, 0.3) is 0 Å². The van der Waals surface area contributed by atoms with E-state index in [1.807, 2.05) is 18.2 Å². The molecule has 2 aromatic rings. The summed E-state index contributed by atoms with van der Waals surface area (Å²) in [6, 6.07) is 13.7. The Morgan fingerprint density at radius 2 is 1.71 bits per heavy atom. The van der Waals surface area contributed by atoms with Crippen LogP contribution in [-0.2, 0) is 10.0 Å². The van der Waals surface area contributed by atoms with Gasteiger partial charge in [-0.25, -0.2) is 8.42 Å². The van der Waals surface area contributed by atoms with Crippen molar-refractivity contribution in [1.29, 1.82) is 0 Å². The van der Waals surface area contributed by atoms with E-state index in [2.05, 4.69) is 4.72 Å². The molecule has 0 aliphatic carbocycles. The summed E-state index contributed by atoms with van der Waals surface area (Å²) in [5.74, 6) is 0.429. The molecule has 112 valence electrons. The van der Waals surface area contributed by atoms with Crippen LogP contribution in [0.3, 0.4) is 0 Å². The van der Waals surface area contributed by atoms with E-state index in [0.29, 0.717) is 5.75 Å². The van der Waals surface area contributed by atoms with Crippen molar-refractivity contribution in [3.8, 4) is 5.75 Å². The molecule has 0 atom stereocenters. The van der Waals surface area contributed by atoms with Gasteiger partial charge in [0.1, 0.15) is 18.1 Å². The van der Waals surface area contributed by atoms with Crippen LogP contribution in [0.4, 0.5) is 5.69 Å². The summed E-state index contributed by atoms with van der Waals surface area (Å²) in [5.41, 5.74) is 0.254. The van der Waals surface area contributed by atoms with Gasteiger partial charge in [0, 0.05) is 0 Å². The van der Waals surface area contributed by atoms with E-state index in [-0.39, 0.29) is 28.1 Å². The number of hydrogen-bond donors (Lipinski definition) is 1. The molecule has 0 saturated carbocycles. The summed E-state index contributed by atoms with van der Waals surface area (Å²) in [5, 5.41) is 0.462. The first-order valence-electron chi connectivity index (χ1n) is 6.10. The van der Waals surface area contributed by atoms with Crippen LogP contribution in [0, 0.1) is 0 Å². The first-order valence-corrected chi connectivity index (χ1v) is 8.51. The number of nitrogens with one attached hydrogen (secondary N) is 1. The molecule has 7 heteroatoms. The Hall–Kier alpha value is -1.43. The monoisotopic (exact) mass is 345 g/mol. The third-order valence-electron chi connectivity index (χ3n) is 2.58. The maximum Gasteiger partial charge on any atom is 0.236 e. The number of sulfonamides is 1. The van der Waals surface area contributed by atoms with Gasteiger partial charge in [-0.1, -0.05) is 47.5 Å². The molecule has 0 saturated heterocycles. The number of halogens is 2. The first-order chi connectivity index (χ1) is 9.98. The summed E-state index contributed by atoms with van der Waals surface area (Å²) in [4.78, 5) is 0. The molecule has 0 unspecified atom stereocenters. The number of ether oxygens (including phenoxy) is 1. The number of hydrogen-bond acceptors (Lipinski definition) is 3. The van der Waals surface area contributed by atoms with Gasteiger partial charge in [0.05, 0.1) is 15.7 Å². The molecular weight excluding hydrogens is 333 g/mol. The molecule has 2 rings (SSSR count). The molecule has 0 spiro atoms. The van der Waals surface area contributed by atoms with E-state index in [1.54, 1.807) is 30.3 Å². The Kier molecular flexibility index (Phi) is 5.33. The molecule has 0 aliphatic rings.